The van der Waals surface area contributed by atoms with E-state index in [1.807, 2.05) is 6.20 Å². The van der Waals surface area contributed by atoms with E-state index in [1.54, 1.807) is 10.6 Å². The van der Waals surface area contributed by atoms with Crippen molar-refractivity contribution >= 4 is 12.1 Å². The maximum Gasteiger partial charge on any atom is 0.233 e. The van der Waals surface area contributed by atoms with Crippen LogP contribution in [0.1, 0.15) is 35.8 Å². The van der Waals surface area contributed by atoms with Crippen LogP contribution in [0.2, 0.25) is 0 Å². The Morgan fingerprint density at radius 2 is 2.21 bits per heavy atom. The third-order valence-electron chi connectivity index (χ3n) is 2.08. The lowest BCUT2D eigenvalue weighted by Gasteiger charge is -1.94. The fourth-order valence-corrected chi connectivity index (χ4v) is 1.26. The highest BCUT2D eigenvalue weighted by Crippen LogP contribution is 2.13. The zero-order chi connectivity index (χ0) is 10.1. The molecular weight excluding hydrogens is 178 g/mol. The molecule has 2 rings (SSSR count). The van der Waals surface area contributed by atoms with Crippen LogP contribution < -0.4 is 0 Å². The van der Waals surface area contributed by atoms with Gasteiger partial charge in [-0.15, -0.1) is 0 Å². The van der Waals surface area contributed by atoms with Crippen molar-refractivity contribution in [1.29, 1.82) is 0 Å². The Labute approximate surface area is 81.6 Å². The summed E-state index contributed by atoms with van der Waals surface area (Å²) in [4.78, 5) is 18.9. The summed E-state index contributed by atoms with van der Waals surface area (Å²) >= 11 is 0. The zero-order valence-electron chi connectivity index (χ0n) is 8.14. The van der Waals surface area contributed by atoms with E-state index in [1.165, 1.54) is 6.20 Å². The number of hydrogen-bond acceptors (Lipinski definition) is 3. The first-order chi connectivity index (χ1) is 6.70. The van der Waals surface area contributed by atoms with Crippen LogP contribution in [0.4, 0.5) is 0 Å². The standard InChI is InChI=1S/C10H11N3O/c1-7(2)9-5-13-4-8(6-14)3-11-10(13)12-9/h3-7H,1-2H3. The highest BCUT2D eigenvalue weighted by Gasteiger charge is 2.06. The van der Waals surface area contributed by atoms with Crippen molar-refractivity contribution in [3.8, 4) is 0 Å². The normalized spacial score (nSPS) is 11.1. The number of hydrogen-bond donors (Lipinski definition) is 0. The van der Waals surface area contributed by atoms with Crippen LogP contribution >= 0.6 is 0 Å². The van der Waals surface area contributed by atoms with Gasteiger partial charge in [-0.2, -0.15) is 0 Å². The van der Waals surface area contributed by atoms with Crippen molar-refractivity contribution in [3.63, 3.8) is 0 Å². The smallest absolute Gasteiger partial charge is 0.233 e. The second-order valence-electron chi connectivity index (χ2n) is 3.53. The number of carbonyl (C=O) groups excluding carboxylic acids is 1. The van der Waals surface area contributed by atoms with Crippen LogP contribution in [-0.4, -0.2) is 20.7 Å². The van der Waals surface area contributed by atoms with Gasteiger partial charge in [-0.3, -0.25) is 9.20 Å². The minimum absolute atomic E-state index is 0.372. The number of aromatic nitrogens is 3. The minimum atomic E-state index is 0.372. The lowest BCUT2D eigenvalue weighted by atomic mass is 10.2. The summed E-state index contributed by atoms with van der Waals surface area (Å²) in [5, 5.41) is 0. The summed E-state index contributed by atoms with van der Waals surface area (Å²) in [6, 6.07) is 0. The molecule has 0 unspecified atom stereocenters. The monoisotopic (exact) mass is 189 g/mol. The van der Waals surface area contributed by atoms with E-state index in [2.05, 4.69) is 23.8 Å². The molecular formula is C10H11N3O. The van der Waals surface area contributed by atoms with E-state index in [0.29, 0.717) is 17.3 Å². The Balaban J connectivity index is 2.59. The summed E-state index contributed by atoms with van der Waals surface area (Å²) in [6.07, 6.45) is 5.94. The van der Waals surface area contributed by atoms with Gasteiger partial charge >= 0.3 is 0 Å². The number of nitrogens with zero attached hydrogens (tertiary/aromatic N) is 3. The Morgan fingerprint density at radius 1 is 1.43 bits per heavy atom. The predicted octanol–water partition coefficient (Wildman–Crippen LogP) is 1.67. The van der Waals surface area contributed by atoms with E-state index in [9.17, 15) is 4.79 Å². The number of fused-ring (bicyclic) bond motifs is 1. The quantitative estimate of drug-likeness (QED) is 0.675. The molecule has 2 aromatic heterocycles. The van der Waals surface area contributed by atoms with Crippen LogP contribution in [0.25, 0.3) is 5.78 Å². The van der Waals surface area contributed by atoms with Crippen LogP contribution in [0.5, 0.6) is 0 Å². The second-order valence-corrected chi connectivity index (χ2v) is 3.53. The molecule has 0 N–H and O–H groups in total. The molecule has 0 spiro atoms. The number of imidazole rings is 1. The van der Waals surface area contributed by atoms with Gasteiger partial charge in [-0.25, -0.2) is 9.97 Å². The number of aldehydes is 1. The fraction of sp³-hybridized carbons (Fsp3) is 0.300. The average Bonchev–Trinajstić information content (AvgIpc) is 2.59. The first-order valence-electron chi connectivity index (χ1n) is 4.50. The largest absolute Gasteiger partial charge is 0.298 e. The minimum Gasteiger partial charge on any atom is -0.298 e. The molecule has 0 saturated heterocycles. The molecule has 0 aliphatic heterocycles. The molecule has 0 fully saturated rings. The van der Waals surface area contributed by atoms with E-state index >= 15 is 0 Å². The Hall–Kier alpha value is -1.71. The Morgan fingerprint density at radius 3 is 2.86 bits per heavy atom. The molecule has 2 heterocycles. The van der Waals surface area contributed by atoms with Crippen molar-refractivity contribution in [2.24, 2.45) is 0 Å². The fourth-order valence-electron chi connectivity index (χ4n) is 1.26. The van der Waals surface area contributed by atoms with Crippen LogP contribution in [-0.2, 0) is 0 Å². The third-order valence-corrected chi connectivity index (χ3v) is 2.08. The third kappa shape index (κ3) is 1.39. The van der Waals surface area contributed by atoms with E-state index in [4.69, 9.17) is 0 Å². The second kappa shape index (κ2) is 3.21. The van der Waals surface area contributed by atoms with Crippen LogP contribution in [0, 0.1) is 0 Å². The van der Waals surface area contributed by atoms with Gasteiger partial charge in [0, 0.05) is 24.2 Å². The molecule has 72 valence electrons. The van der Waals surface area contributed by atoms with E-state index in [-0.39, 0.29) is 0 Å². The van der Waals surface area contributed by atoms with Crippen molar-refractivity contribution in [2.45, 2.75) is 19.8 Å². The molecule has 14 heavy (non-hydrogen) atoms. The molecule has 4 heteroatoms. The van der Waals surface area contributed by atoms with Crippen molar-refractivity contribution in [1.82, 2.24) is 14.4 Å². The first-order valence-corrected chi connectivity index (χ1v) is 4.50. The maximum atomic E-state index is 10.5. The molecule has 0 aromatic carbocycles. The molecule has 0 saturated carbocycles. The lowest BCUT2D eigenvalue weighted by molar-refractivity contribution is 0.112. The van der Waals surface area contributed by atoms with Gasteiger partial charge in [-0.1, -0.05) is 13.8 Å². The summed E-state index contributed by atoms with van der Waals surface area (Å²) in [5.41, 5.74) is 1.55. The van der Waals surface area contributed by atoms with Gasteiger partial charge in [0.1, 0.15) is 0 Å². The Kier molecular flexibility index (Phi) is 2.04. The summed E-state index contributed by atoms with van der Waals surface area (Å²) in [6.45, 7) is 4.14. The molecule has 0 bridgehead atoms. The van der Waals surface area contributed by atoms with Gasteiger partial charge in [0.25, 0.3) is 0 Å². The van der Waals surface area contributed by atoms with Crippen molar-refractivity contribution in [2.75, 3.05) is 0 Å². The SMILES string of the molecule is CC(C)c1cn2cc(C=O)cnc2n1. The summed E-state index contributed by atoms with van der Waals surface area (Å²) in [5.74, 6) is 1.01. The molecule has 0 radical (unpaired) electrons. The van der Waals surface area contributed by atoms with E-state index in [0.717, 1.165) is 12.0 Å². The highest BCUT2D eigenvalue weighted by molar-refractivity contribution is 5.73. The molecule has 0 aliphatic rings. The summed E-state index contributed by atoms with van der Waals surface area (Å²) < 4.78 is 1.78. The summed E-state index contributed by atoms with van der Waals surface area (Å²) in [7, 11) is 0. The van der Waals surface area contributed by atoms with Crippen molar-refractivity contribution in [3.05, 3.63) is 29.8 Å². The molecule has 2 aromatic rings. The topological polar surface area (TPSA) is 47.3 Å². The van der Waals surface area contributed by atoms with Crippen LogP contribution in [0.3, 0.4) is 0 Å². The number of carbonyl (C=O) groups is 1. The van der Waals surface area contributed by atoms with E-state index < -0.39 is 0 Å². The predicted molar refractivity (Wildman–Crippen MR) is 52.5 cm³/mol. The van der Waals surface area contributed by atoms with Crippen LogP contribution in [0.15, 0.2) is 18.6 Å². The molecule has 0 aliphatic carbocycles. The van der Waals surface area contributed by atoms with Gasteiger partial charge < -0.3 is 0 Å². The van der Waals surface area contributed by atoms with Gasteiger partial charge in [0.2, 0.25) is 5.78 Å². The Bertz CT molecular complexity index is 473. The molecule has 0 atom stereocenters. The first kappa shape index (κ1) is 8.87. The van der Waals surface area contributed by atoms with Gasteiger partial charge in [0.15, 0.2) is 6.29 Å². The zero-order valence-corrected chi connectivity index (χ0v) is 8.14. The number of rotatable bonds is 2. The molecule has 4 nitrogen and oxygen atoms in total. The highest BCUT2D eigenvalue weighted by atomic mass is 16.1. The average molecular weight is 189 g/mol. The molecule has 0 amide bonds. The van der Waals surface area contributed by atoms with Gasteiger partial charge in [0.05, 0.1) is 5.69 Å². The lowest BCUT2D eigenvalue weighted by Crippen LogP contribution is -1.90. The van der Waals surface area contributed by atoms with Gasteiger partial charge in [-0.05, 0) is 5.92 Å². The van der Waals surface area contributed by atoms with Crippen molar-refractivity contribution < 1.29 is 4.79 Å². The maximum absolute atomic E-state index is 10.5.